The second-order valence-electron chi connectivity index (χ2n) is 6.77. The van der Waals surface area contributed by atoms with E-state index in [1.807, 2.05) is 0 Å². The fourth-order valence-corrected chi connectivity index (χ4v) is 3.52. The van der Waals surface area contributed by atoms with Crippen LogP contribution >= 0.6 is 0 Å². The summed E-state index contributed by atoms with van der Waals surface area (Å²) in [4.78, 5) is 23.7. The van der Waals surface area contributed by atoms with Crippen LogP contribution in [0.2, 0.25) is 0 Å². The van der Waals surface area contributed by atoms with E-state index >= 15 is 0 Å². The molecular weight excluding hydrogens is 347 g/mol. The third-order valence-corrected chi connectivity index (χ3v) is 4.89. The summed E-state index contributed by atoms with van der Waals surface area (Å²) in [5.74, 6) is 0.720. The normalized spacial score (nSPS) is 14.5. The van der Waals surface area contributed by atoms with Gasteiger partial charge in [0.15, 0.2) is 0 Å². The first-order chi connectivity index (χ1) is 13.1. The smallest absolute Gasteiger partial charge is 0.255 e. The van der Waals surface area contributed by atoms with E-state index in [1.54, 1.807) is 19.1 Å². The third kappa shape index (κ3) is 3.49. The van der Waals surface area contributed by atoms with E-state index in [2.05, 4.69) is 20.2 Å². The summed E-state index contributed by atoms with van der Waals surface area (Å²) in [6, 6.07) is 6.06. The molecule has 1 N–H and O–H groups in total. The van der Waals surface area contributed by atoms with Crippen molar-refractivity contribution in [1.29, 1.82) is 0 Å². The number of nitrogens with one attached hydrogen (secondary N) is 1. The van der Waals surface area contributed by atoms with Gasteiger partial charge in [0, 0.05) is 19.6 Å². The van der Waals surface area contributed by atoms with Crippen molar-refractivity contribution in [3.63, 3.8) is 0 Å². The molecule has 0 spiro atoms. The van der Waals surface area contributed by atoms with Crippen LogP contribution in [0.15, 0.2) is 35.0 Å². The molecule has 0 atom stereocenters. The zero-order chi connectivity index (χ0) is 18.8. The molecule has 3 aromatic rings. The number of aromatic nitrogens is 2. The predicted molar refractivity (Wildman–Crippen MR) is 100 cm³/mol. The number of hydrogen-bond donors (Lipinski definition) is 1. The first-order valence-corrected chi connectivity index (χ1v) is 9.15. The number of carbonyl (C=O) groups excluding carboxylic acids is 1. The number of piperidine rings is 1. The highest BCUT2D eigenvalue weighted by Gasteiger charge is 2.25. The molecule has 6 nitrogen and oxygen atoms in total. The molecule has 0 saturated carbocycles. The van der Waals surface area contributed by atoms with Crippen LogP contribution in [0.4, 0.5) is 10.2 Å². The van der Waals surface area contributed by atoms with Crippen molar-refractivity contribution in [2.24, 2.45) is 0 Å². The number of aryl methyl sites for hydroxylation is 1. The maximum absolute atomic E-state index is 13.0. The Hall–Kier alpha value is -2.96. The van der Waals surface area contributed by atoms with Gasteiger partial charge in [0.25, 0.3) is 5.91 Å². The average molecular weight is 368 g/mol. The van der Waals surface area contributed by atoms with Crippen LogP contribution in [-0.2, 0) is 6.54 Å². The van der Waals surface area contributed by atoms with Crippen molar-refractivity contribution in [2.45, 2.75) is 32.7 Å². The standard InChI is InChI=1S/C20H21FN4O2/c1-13-16(19(26)22-11-14-5-7-15(21)8-6-14)17-18(23-12-24-20(17)27-13)25-9-3-2-4-10-25/h5-8,12H,2-4,9-11H2,1H3,(H,22,26). The quantitative estimate of drug-likeness (QED) is 0.762. The minimum absolute atomic E-state index is 0.247. The van der Waals surface area contributed by atoms with E-state index in [0.717, 1.165) is 37.3 Å². The van der Waals surface area contributed by atoms with Gasteiger partial charge < -0.3 is 14.6 Å². The van der Waals surface area contributed by atoms with Crippen LogP contribution in [0.5, 0.6) is 0 Å². The molecule has 4 rings (SSSR count). The Morgan fingerprint density at radius 1 is 1.19 bits per heavy atom. The third-order valence-electron chi connectivity index (χ3n) is 4.89. The molecule has 3 heterocycles. The number of amides is 1. The lowest BCUT2D eigenvalue weighted by atomic mass is 10.1. The number of fused-ring (bicyclic) bond motifs is 1. The SMILES string of the molecule is Cc1oc2ncnc(N3CCCCC3)c2c1C(=O)NCc1ccc(F)cc1. The van der Waals surface area contributed by atoms with E-state index in [-0.39, 0.29) is 11.7 Å². The Kier molecular flexibility index (Phi) is 4.75. The summed E-state index contributed by atoms with van der Waals surface area (Å²) in [6.45, 7) is 3.88. The lowest BCUT2D eigenvalue weighted by Crippen LogP contribution is -2.31. The monoisotopic (exact) mass is 368 g/mol. The number of nitrogens with zero attached hydrogens (tertiary/aromatic N) is 3. The number of halogens is 1. The van der Waals surface area contributed by atoms with Gasteiger partial charge in [-0.2, -0.15) is 0 Å². The minimum Gasteiger partial charge on any atom is -0.442 e. The van der Waals surface area contributed by atoms with Crippen LogP contribution in [0.1, 0.15) is 40.9 Å². The number of furan rings is 1. The Balaban J connectivity index is 1.64. The molecule has 7 heteroatoms. The van der Waals surface area contributed by atoms with Crippen molar-refractivity contribution in [1.82, 2.24) is 15.3 Å². The second kappa shape index (κ2) is 7.34. The molecule has 1 aliphatic heterocycles. The van der Waals surface area contributed by atoms with Gasteiger partial charge in [0.2, 0.25) is 5.71 Å². The minimum atomic E-state index is -0.301. The van der Waals surface area contributed by atoms with Gasteiger partial charge in [-0.3, -0.25) is 4.79 Å². The molecule has 0 aliphatic carbocycles. The summed E-state index contributed by atoms with van der Waals surface area (Å²) in [5.41, 5.74) is 1.71. The summed E-state index contributed by atoms with van der Waals surface area (Å²) >= 11 is 0. The van der Waals surface area contributed by atoms with E-state index < -0.39 is 0 Å². The van der Waals surface area contributed by atoms with E-state index in [4.69, 9.17) is 4.42 Å². The van der Waals surface area contributed by atoms with Gasteiger partial charge in [0.05, 0.1) is 10.9 Å². The Labute approximate surface area is 156 Å². The maximum Gasteiger partial charge on any atom is 0.255 e. The highest BCUT2D eigenvalue weighted by Crippen LogP contribution is 2.32. The van der Waals surface area contributed by atoms with Crippen molar-refractivity contribution < 1.29 is 13.6 Å². The van der Waals surface area contributed by atoms with Gasteiger partial charge in [-0.1, -0.05) is 12.1 Å². The van der Waals surface area contributed by atoms with Crippen molar-refractivity contribution in [3.8, 4) is 0 Å². The molecule has 0 unspecified atom stereocenters. The number of anilines is 1. The van der Waals surface area contributed by atoms with Gasteiger partial charge in [-0.15, -0.1) is 0 Å². The van der Waals surface area contributed by atoms with Gasteiger partial charge >= 0.3 is 0 Å². The highest BCUT2D eigenvalue weighted by atomic mass is 19.1. The van der Waals surface area contributed by atoms with E-state index in [1.165, 1.54) is 24.9 Å². The zero-order valence-corrected chi connectivity index (χ0v) is 15.2. The van der Waals surface area contributed by atoms with Crippen LogP contribution in [0.3, 0.4) is 0 Å². The van der Waals surface area contributed by atoms with Crippen molar-refractivity contribution >= 4 is 22.8 Å². The zero-order valence-electron chi connectivity index (χ0n) is 15.2. The van der Waals surface area contributed by atoms with Crippen LogP contribution in [0, 0.1) is 12.7 Å². The van der Waals surface area contributed by atoms with Crippen molar-refractivity contribution in [3.05, 3.63) is 53.3 Å². The average Bonchev–Trinajstić information content (AvgIpc) is 3.04. The molecule has 1 aromatic carbocycles. The lowest BCUT2D eigenvalue weighted by molar-refractivity contribution is 0.0951. The molecule has 140 valence electrons. The molecule has 0 radical (unpaired) electrons. The molecule has 27 heavy (non-hydrogen) atoms. The first kappa shape index (κ1) is 17.5. The fraction of sp³-hybridized carbons (Fsp3) is 0.350. The predicted octanol–water partition coefficient (Wildman–Crippen LogP) is 3.59. The number of carbonyl (C=O) groups is 1. The largest absolute Gasteiger partial charge is 0.442 e. The summed E-state index contributed by atoms with van der Waals surface area (Å²) in [5, 5.41) is 3.55. The van der Waals surface area contributed by atoms with E-state index in [9.17, 15) is 9.18 Å². The van der Waals surface area contributed by atoms with Gasteiger partial charge in [0.1, 0.15) is 23.7 Å². The maximum atomic E-state index is 13.0. The molecule has 2 aromatic heterocycles. The number of benzene rings is 1. The molecule has 1 fully saturated rings. The van der Waals surface area contributed by atoms with Crippen LogP contribution in [0.25, 0.3) is 11.1 Å². The molecular formula is C20H21FN4O2. The Morgan fingerprint density at radius 2 is 1.93 bits per heavy atom. The first-order valence-electron chi connectivity index (χ1n) is 9.15. The Bertz CT molecular complexity index is 962. The molecule has 1 amide bonds. The molecule has 1 saturated heterocycles. The molecule has 0 bridgehead atoms. The fourth-order valence-electron chi connectivity index (χ4n) is 3.52. The van der Waals surface area contributed by atoms with Crippen LogP contribution in [-0.4, -0.2) is 29.0 Å². The van der Waals surface area contributed by atoms with E-state index in [0.29, 0.717) is 29.0 Å². The Morgan fingerprint density at radius 3 is 2.67 bits per heavy atom. The molecule has 1 aliphatic rings. The summed E-state index contributed by atoms with van der Waals surface area (Å²) < 4.78 is 18.8. The van der Waals surface area contributed by atoms with Gasteiger partial charge in [-0.25, -0.2) is 14.4 Å². The summed E-state index contributed by atoms with van der Waals surface area (Å²) in [7, 11) is 0. The highest BCUT2D eigenvalue weighted by molar-refractivity contribution is 6.10. The summed E-state index contributed by atoms with van der Waals surface area (Å²) in [6.07, 6.45) is 4.90. The second-order valence-corrected chi connectivity index (χ2v) is 6.77. The lowest BCUT2D eigenvalue weighted by Gasteiger charge is -2.28. The number of rotatable bonds is 4. The topological polar surface area (TPSA) is 71.3 Å². The van der Waals surface area contributed by atoms with Gasteiger partial charge in [-0.05, 0) is 43.9 Å². The van der Waals surface area contributed by atoms with Crippen molar-refractivity contribution in [2.75, 3.05) is 18.0 Å². The number of hydrogen-bond acceptors (Lipinski definition) is 5. The van der Waals surface area contributed by atoms with Crippen LogP contribution < -0.4 is 10.2 Å².